The summed E-state index contributed by atoms with van der Waals surface area (Å²) in [4.78, 5) is 11.4. The normalized spacial score (nSPS) is 25.3. The minimum absolute atomic E-state index is 0.128. The SMILES string of the molecule is CCCC1CCC(=NNC(=O)C2CC2)CC1. The molecule has 0 aromatic heterocycles. The third kappa shape index (κ3) is 3.32. The van der Waals surface area contributed by atoms with Crippen LogP contribution >= 0.6 is 0 Å². The van der Waals surface area contributed by atoms with E-state index in [1.54, 1.807) is 0 Å². The number of nitrogens with zero attached hydrogens (tertiary/aromatic N) is 1. The van der Waals surface area contributed by atoms with Crippen LogP contribution in [0.1, 0.15) is 58.3 Å². The molecule has 0 spiro atoms. The predicted molar refractivity (Wildman–Crippen MR) is 65.2 cm³/mol. The molecule has 0 heterocycles. The summed E-state index contributed by atoms with van der Waals surface area (Å²) in [7, 11) is 0. The third-order valence-corrected chi connectivity index (χ3v) is 3.65. The van der Waals surface area contributed by atoms with Crippen molar-refractivity contribution in [3.05, 3.63) is 0 Å². The molecule has 1 N–H and O–H groups in total. The highest BCUT2D eigenvalue weighted by molar-refractivity contribution is 5.87. The van der Waals surface area contributed by atoms with Gasteiger partial charge in [-0.25, -0.2) is 5.43 Å². The molecule has 0 bridgehead atoms. The lowest BCUT2D eigenvalue weighted by Gasteiger charge is -2.22. The first kappa shape index (κ1) is 11.6. The van der Waals surface area contributed by atoms with Gasteiger partial charge in [0.05, 0.1) is 0 Å². The quantitative estimate of drug-likeness (QED) is 0.730. The van der Waals surface area contributed by atoms with E-state index in [1.165, 1.54) is 31.4 Å². The van der Waals surface area contributed by atoms with Gasteiger partial charge in [0.25, 0.3) is 0 Å². The summed E-state index contributed by atoms with van der Waals surface area (Å²) in [5.41, 5.74) is 3.91. The Balaban J connectivity index is 1.70. The van der Waals surface area contributed by atoms with E-state index in [2.05, 4.69) is 17.5 Å². The molecule has 0 aromatic rings. The largest absolute Gasteiger partial charge is 0.273 e. The number of amides is 1. The molecule has 16 heavy (non-hydrogen) atoms. The monoisotopic (exact) mass is 222 g/mol. The van der Waals surface area contributed by atoms with Gasteiger partial charge in [-0.3, -0.25) is 4.79 Å². The van der Waals surface area contributed by atoms with Crippen molar-refractivity contribution in [1.82, 2.24) is 5.43 Å². The van der Waals surface area contributed by atoms with Crippen LogP contribution in [-0.2, 0) is 4.79 Å². The van der Waals surface area contributed by atoms with E-state index >= 15 is 0 Å². The first-order valence-corrected chi connectivity index (χ1v) is 6.65. The molecular formula is C13H22N2O. The van der Waals surface area contributed by atoms with E-state index in [0.29, 0.717) is 0 Å². The fourth-order valence-corrected chi connectivity index (χ4v) is 2.39. The highest BCUT2D eigenvalue weighted by Crippen LogP contribution is 2.29. The Morgan fingerprint density at radius 1 is 1.31 bits per heavy atom. The Kier molecular flexibility index (Phi) is 3.97. The van der Waals surface area contributed by atoms with Crippen LogP contribution in [0.25, 0.3) is 0 Å². The summed E-state index contributed by atoms with van der Waals surface area (Å²) >= 11 is 0. The Labute approximate surface area is 97.7 Å². The number of hydrogen-bond donors (Lipinski definition) is 1. The third-order valence-electron chi connectivity index (χ3n) is 3.65. The van der Waals surface area contributed by atoms with Gasteiger partial charge in [0.15, 0.2) is 0 Å². The van der Waals surface area contributed by atoms with Crippen molar-refractivity contribution in [2.75, 3.05) is 0 Å². The number of hydrazone groups is 1. The fourth-order valence-electron chi connectivity index (χ4n) is 2.39. The average Bonchev–Trinajstić information content (AvgIpc) is 3.12. The van der Waals surface area contributed by atoms with Gasteiger partial charge in [0.1, 0.15) is 0 Å². The van der Waals surface area contributed by atoms with Crippen LogP contribution in [0, 0.1) is 11.8 Å². The van der Waals surface area contributed by atoms with Crippen LogP contribution in [0.5, 0.6) is 0 Å². The van der Waals surface area contributed by atoms with Crippen molar-refractivity contribution in [2.45, 2.75) is 58.3 Å². The molecule has 0 aromatic carbocycles. The predicted octanol–water partition coefficient (Wildman–Crippen LogP) is 2.86. The zero-order chi connectivity index (χ0) is 11.4. The molecule has 1 amide bonds. The number of carbonyl (C=O) groups excluding carboxylic acids is 1. The van der Waals surface area contributed by atoms with E-state index in [-0.39, 0.29) is 11.8 Å². The highest BCUT2D eigenvalue weighted by Gasteiger charge is 2.29. The van der Waals surface area contributed by atoms with E-state index in [4.69, 9.17) is 0 Å². The summed E-state index contributed by atoms with van der Waals surface area (Å²) < 4.78 is 0. The Morgan fingerprint density at radius 3 is 2.56 bits per heavy atom. The van der Waals surface area contributed by atoms with Gasteiger partial charge in [-0.05, 0) is 44.4 Å². The molecule has 2 aliphatic rings. The summed E-state index contributed by atoms with van der Waals surface area (Å²) in [5.74, 6) is 1.28. The molecule has 2 rings (SSSR count). The second-order valence-electron chi connectivity index (χ2n) is 5.16. The molecule has 0 atom stereocenters. The molecule has 2 fully saturated rings. The van der Waals surface area contributed by atoms with Crippen LogP contribution in [0.2, 0.25) is 0 Å². The van der Waals surface area contributed by atoms with Crippen molar-refractivity contribution in [3.63, 3.8) is 0 Å². The first-order chi connectivity index (χ1) is 7.79. The smallest absolute Gasteiger partial charge is 0.243 e. The second-order valence-corrected chi connectivity index (χ2v) is 5.16. The van der Waals surface area contributed by atoms with Crippen LogP contribution in [0.4, 0.5) is 0 Å². The van der Waals surface area contributed by atoms with Crippen LogP contribution in [0.15, 0.2) is 5.10 Å². The molecule has 3 heteroatoms. The summed E-state index contributed by atoms with van der Waals surface area (Å²) in [6.07, 6.45) is 9.41. The first-order valence-electron chi connectivity index (χ1n) is 6.65. The van der Waals surface area contributed by atoms with E-state index in [9.17, 15) is 4.79 Å². The number of rotatable bonds is 4. The lowest BCUT2D eigenvalue weighted by Crippen LogP contribution is -2.23. The molecule has 0 radical (unpaired) electrons. The van der Waals surface area contributed by atoms with E-state index in [0.717, 1.165) is 31.6 Å². The molecule has 0 saturated heterocycles. The second kappa shape index (κ2) is 5.46. The van der Waals surface area contributed by atoms with Crippen molar-refractivity contribution in [3.8, 4) is 0 Å². The van der Waals surface area contributed by atoms with Crippen molar-refractivity contribution < 1.29 is 4.79 Å². The minimum Gasteiger partial charge on any atom is -0.273 e. The molecule has 0 unspecified atom stereocenters. The van der Waals surface area contributed by atoms with Gasteiger partial charge in [0.2, 0.25) is 5.91 Å². The Hall–Kier alpha value is -0.860. The van der Waals surface area contributed by atoms with Crippen LogP contribution < -0.4 is 5.43 Å². The maximum Gasteiger partial charge on any atom is 0.243 e. The summed E-state index contributed by atoms with van der Waals surface area (Å²) in [5, 5.41) is 4.26. The van der Waals surface area contributed by atoms with Gasteiger partial charge in [-0.1, -0.05) is 19.8 Å². The fraction of sp³-hybridized carbons (Fsp3) is 0.846. The zero-order valence-electron chi connectivity index (χ0n) is 10.2. The molecule has 90 valence electrons. The van der Waals surface area contributed by atoms with Gasteiger partial charge < -0.3 is 0 Å². The maximum absolute atomic E-state index is 11.4. The number of nitrogens with one attached hydrogen (secondary N) is 1. The standard InChI is InChI=1S/C13H22N2O/c1-2-3-10-4-8-12(9-5-10)14-15-13(16)11-6-7-11/h10-11H,2-9H2,1H3,(H,15,16). The molecular weight excluding hydrogens is 200 g/mol. The molecule has 2 aliphatic carbocycles. The molecule has 2 saturated carbocycles. The Morgan fingerprint density at radius 2 is 2.00 bits per heavy atom. The summed E-state index contributed by atoms with van der Waals surface area (Å²) in [6.45, 7) is 2.25. The van der Waals surface area contributed by atoms with E-state index < -0.39 is 0 Å². The highest BCUT2D eigenvalue weighted by atomic mass is 16.2. The lowest BCUT2D eigenvalue weighted by molar-refractivity contribution is -0.122. The average molecular weight is 222 g/mol. The minimum atomic E-state index is 0.128. The zero-order valence-corrected chi connectivity index (χ0v) is 10.2. The van der Waals surface area contributed by atoms with Crippen LogP contribution in [-0.4, -0.2) is 11.6 Å². The topological polar surface area (TPSA) is 41.5 Å². The number of hydrogen-bond acceptors (Lipinski definition) is 2. The Bertz CT molecular complexity index is 272. The lowest BCUT2D eigenvalue weighted by atomic mass is 9.85. The summed E-state index contributed by atoms with van der Waals surface area (Å²) in [6, 6.07) is 0. The van der Waals surface area contributed by atoms with Crippen molar-refractivity contribution in [1.29, 1.82) is 0 Å². The van der Waals surface area contributed by atoms with Gasteiger partial charge >= 0.3 is 0 Å². The number of carbonyl (C=O) groups is 1. The van der Waals surface area contributed by atoms with Gasteiger partial charge in [-0.15, -0.1) is 0 Å². The molecule has 0 aliphatic heterocycles. The van der Waals surface area contributed by atoms with Crippen molar-refractivity contribution >= 4 is 11.6 Å². The molecule has 3 nitrogen and oxygen atoms in total. The van der Waals surface area contributed by atoms with Crippen LogP contribution in [0.3, 0.4) is 0 Å². The maximum atomic E-state index is 11.4. The van der Waals surface area contributed by atoms with Gasteiger partial charge in [-0.2, -0.15) is 5.10 Å². The van der Waals surface area contributed by atoms with Gasteiger partial charge in [0, 0.05) is 11.6 Å². The van der Waals surface area contributed by atoms with Crippen molar-refractivity contribution in [2.24, 2.45) is 16.9 Å². The van der Waals surface area contributed by atoms with E-state index in [1.807, 2.05) is 0 Å².